The summed E-state index contributed by atoms with van der Waals surface area (Å²) in [5.74, 6) is -0.634. The lowest BCUT2D eigenvalue weighted by atomic mass is 10.2. The number of nitrogens with one attached hydrogen (secondary N) is 2. The zero-order valence-corrected chi connectivity index (χ0v) is 11.0. The van der Waals surface area contributed by atoms with Crippen LogP contribution in [0.15, 0.2) is 30.7 Å². The third-order valence-electron chi connectivity index (χ3n) is 2.93. The lowest BCUT2D eigenvalue weighted by Gasteiger charge is -2.15. The van der Waals surface area contributed by atoms with Crippen molar-refractivity contribution in [2.24, 2.45) is 0 Å². The van der Waals surface area contributed by atoms with Gasteiger partial charge < -0.3 is 20.0 Å². The van der Waals surface area contributed by atoms with Gasteiger partial charge >= 0.3 is 5.97 Å². The Kier molecular flexibility index (Phi) is 4.19. The van der Waals surface area contributed by atoms with Crippen LogP contribution < -0.4 is 5.32 Å². The molecular formula is C13H16N4O3. The van der Waals surface area contributed by atoms with Crippen molar-refractivity contribution in [3.8, 4) is 0 Å². The predicted octanol–water partition coefficient (Wildman–Crippen LogP) is 1.18. The number of H-pyrrole nitrogens is 1. The van der Waals surface area contributed by atoms with Crippen LogP contribution in [0.1, 0.15) is 35.7 Å². The normalized spacial score (nSPS) is 12.1. The molecule has 0 saturated heterocycles. The minimum atomic E-state index is -0.992. The quantitative estimate of drug-likeness (QED) is 0.737. The number of amides is 1. The summed E-state index contributed by atoms with van der Waals surface area (Å²) in [5, 5.41) is 11.6. The summed E-state index contributed by atoms with van der Waals surface area (Å²) in [6, 6.07) is 3.00. The molecule has 7 heteroatoms. The molecule has 0 bridgehead atoms. The molecule has 0 aliphatic heterocycles. The van der Waals surface area contributed by atoms with Crippen LogP contribution in [-0.2, 0) is 11.3 Å². The summed E-state index contributed by atoms with van der Waals surface area (Å²) in [4.78, 5) is 30.0. The zero-order chi connectivity index (χ0) is 14.5. The molecule has 2 rings (SSSR count). The Balaban J connectivity index is 2.11. The molecule has 2 heterocycles. The zero-order valence-electron chi connectivity index (χ0n) is 11.0. The average molecular weight is 276 g/mol. The van der Waals surface area contributed by atoms with Gasteiger partial charge in [-0.3, -0.25) is 9.59 Å². The van der Waals surface area contributed by atoms with Gasteiger partial charge in [0.25, 0.3) is 5.91 Å². The van der Waals surface area contributed by atoms with Crippen LogP contribution in [0.3, 0.4) is 0 Å². The molecule has 0 aromatic carbocycles. The van der Waals surface area contributed by atoms with Crippen LogP contribution in [0.2, 0.25) is 0 Å². The van der Waals surface area contributed by atoms with E-state index in [9.17, 15) is 9.59 Å². The van der Waals surface area contributed by atoms with Gasteiger partial charge in [0.2, 0.25) is 0 Å². The summed E-state index contributed by atoms with van der Waals surface area (Å²) in [6.07, 6.45) is 5.56. The van der Waals surface area contributed by atoms with Gasteiger partial charge in [0.1, 0.15) is 18.1 Å². The Bertz CT molecular complexity index is 589. The van der Waals surface area contributed by atoms with Gasteiger partial charge in [-0.2, -0.15) is 0 Å². The van der Waals surface area contributed by atoms with E-state index in [0.717, 1.165) is 0 Å². The molecule has 106 valence electrons. The summed E-state index contributed by atoms with van der Waals surface area (Å²) in [6.45, 7) is 1.69. The minimum Gasteiger partial charge on any atom is -0.480 e. The van der Waals surface area contributed by atoms with Crippen LogP contribution in [0, 0.1) is 0 Å². The van der Waals surface area contributed by atoms with Crippen LogP contribution >= 0.6 is 0 Å². The summed E-state index contributed by atoms with van der Waals surface area (Å²) in [5.41, 5.74) is 0.317. The maximum atomic E-state index is 12.2. The van der Waals surface area contributed by atoms with Crippen LogP contribution in [0.25, 0.3) is 0 Å². The minimum absolute atomic E-state index is 0.231. The van der Waals surface area contributed by atoms with E-state index >= 15 is 0 Å². The lowest BCUT2D eigenvalue weighted by Crippen LogP contribution is -2.31. The fraction of sp³-hybridized carbons (Fsp3) is 0.308. The number of aromatic amines is 1. The highest BCUT2D eigenvalue weighted by Crippen LogP contribution is 2.13. The first-order chi connectivity index (χ1) is 9.61. The van der Waals surface area contributed by atoms with Gasteiger partial charge in [-0.15, -0.1) is 0 Å². The van der Waals surface area contributed by atoms with Crippen molar-refractivity contribution in [2.45, 2.75) is 25.9 Å². The molecular weight excluding hydrogens is 260 g/mol. The standard InChI is InChI=1S/C13H16N4O3/c1-2-9(12-14-5-6-15-12)16-13(20)10-4-3-7-17(10)8-11(18)19/h3-7,9H,2,8H2,1H3,(H,14,15)(H,16,20)(H,18,19). The molecule has 2 aromatic rings. The monoisotopic (exact) mass is 276 g/mol. The van der Waals surface area contributed by atoms with Gasteiger partial charge in [-0.25, -0.2) is 4.98 Å². The molecule has 2 aromatic heterocycles. The Morgan fingerprint density at radius 1 is 1.55 bits per heavy atom. The third kappa shape index (κ3) is 3.05. The number of imidazole rings is 1. The van der Waals surface area contributed by atoms with Crippen molar-refractivity contribution in [1.82, 2.24) is 19.9 Å². The first-order valence-electron chi connectivity index (χ1n) is 6.29. The van der Waals surface area contributed by atoms with E-state index in [0.29, 0.717) is 17.9 Å². The molecule has 0 saturated carbocycles. The van der Waals surface area contributed by atoms with Crippen molar-refractivity contribution in [3.63, 3.8) is 0 Å². The topological polar surface area (TPSA) is 100 Å². The highest BCUT2D eigenvalue weighted by Gasteiger charge is 2.18. The fourth-order valence-electron chi connectivity index (χ4n) is 1.97. The highest BCUT2D eigenvalue weighted by atomic mass is 16.4. The maximum Gasteiger partial charge on any atom is 0.323 e. The van der Waals surface area contributed by atoms with Gasteiger partial charge in [-0.1, -0.05) is 6.92 Å². The third-order valence-corrected chi connectivity index (χ3v) is 2.93. The first kappa shape index (κ1) is 13.9. The Labute approximate surface area is 115 Å². The van der Waals surface area contributed by atoms with E-state index < -0.39 is 5.97 Å². The second kappa shape index (κ2) is 6.05. The highest BCUT2D eigenvalue weighted by molar-refractivity contribution is 5.93. The molecule has 7 nitrogen and oxygen atoms in total. The van der Waals surface area contributed by atoms with E-state index in [1.165, 1.54) is 4.57 Å². The summed E-state index contributed by atoms with van der Waals surface area (Å²) in [7, 11) is 0. The predicted molar refractivity (Wildman–Crippen MR) is 71.2 cm³/mol. The van der Waals surface area contributed by atoms with E-state index in [1.54, 1.807) is 30.7 Å². The number of aliphatic carboxylic acids is 1. The molecule has 1 amide bonds. The Hall–Kier alpha value is -2.57. The molecule has 0 radical (unpaired) electrons. The average Bonchev–Trinajstić information content (AvgIpc) is 3.05. The van der Waals surface area contributed by atoms with E-state index in [1.807, 2.05) is 6.92 Å². The molecule has 0 aliphatic carbocycles. The summed E-state index contributed by atoms with van der Waals surface area (Å²) < 4.78 is 1.40. The second-order valence-electron chi connectivity index (χ2n) is 4.32. The van der Waals surface area contributed by atoms with E-state index in [2.05, 4.69) is 15.3 Å². The van der Waals surface area contributed by atoms with Crippen molar-refractivity contribution >= 4 is 11.9 Å². The summed E-state index contributed by atoms with van der Waals surface area (Å²) >= 11 is 0. The van der Waals surface area contributed by atoms with Crippen molar-refractivity contribution in [2.75, 3.05) is 0 Å². The van der Waals surface area contributed by atoms with Crippen LogP contribution in [0.5, 0.6) is 0 Å². The number of hydrogen-bond acceptors (Lipinski definition) is 3. The van der Waals surface area contributed by atoms with Gasteiger partial charge in [0.15, 0.2) is 0 Å². The first-order valence-corrected chi connectivity index (χ1v) is 6.29. The molecule has 3 N–H and O–H groups in total. The Morgan fingerprint density at radius 3 is 2.95 bits per heavy atom. The van der Waals surface area contributed by atoms with E-state index in [-0.39, 0.29) is 18.5 Å². The number of nitrogens with zero attached hydrogens (tertiary/aromatic N) is 2. The number of hydrogen-bond donors (Lipinski definition) is 3. The van der Waals surface area contributed by atoms with Crippen molar-refractivity contribution < 1.29 is 14.7 Å². The largest absolute Gasteiger partial charge is 0.480 e. The number of rotatable bonds is 6. The van der Waals surface area contributed by atoms with Crippen LogP contribution in [-0.4, -0.2) is 31.5 Å². The number of carbonyl (C=O) groups is 2. The lowest BCUT2D eigenvalue weighted by molar-refractivity contribution is -0.137. The molecule has 0 aliphatic rings. The van der Waals surface area contributed by atoms with Gasteiger partial charge in [0.05, 0.1) is 6.04 Å². The maximum absolute atomic E-state index is 12.2. The second-order valence-corrected chi connectivity index (χ2v) is 4.32. The number of aromatic nitrogens is 3. The number of carboxylic acids is 1. The molecule has 0 fully saturated rings. The number of carbonyl (C=O) groups excluding carboxylic acids is 1. The molecule has 0 spiro atoms. The van der Waals surface area contributed by atoms with Gasteiger partial charge in [0, 0.05) is 18.6 Å². The fourth-order valence-corrected chi connectivity index (χ4v) is 1.97. The van der Waals surface area contributed by atoms with Crippen molar-refractivity contribution in [3.05, 3.63) is 42.2 Å². The molecule has 20 heavy (non-hydrogen) atoms. The SMILES string of the molecule is CCC(NC(=O)c1cccn1CC(=O)O)c1ncc[nH]1. The molecule has 1 atom stereocenters. The van der Waals surface area contributed by atoms with Gasteiger partial charge in [-0.05, 0) is 18.6 Å². The van der Waals surface area contributed by atoms with E-state index in [4.69, 9.17) is 5.11 Å². The number of carboxylic acid groups (broad SMARTS) is 1. The van der Waals surface area contributed by atoms with Crippen molar-refractivity contribution in [1.29, 1.82) is 0 Å². The van der Waals surface area contributed by atoms with Crippen LogP contribution in [0.4, 0.5) is 0 Å². The Morgan fingerprint density at radius 2 is 2.35 bits per heavy atom. The molecule has 1 unspecified atom stereocenters. The smallest absolute Gasteiger partial charge is 0.323 e.